The second-order valence-corrected chi connectivity index (χ2v) is 10.3. The Morgan fingerprint density at radius 2 is 1.33 bits per heavy atom. The van der Waals surface area contributed by atoms with E-state index in [1.165, 1.54) is 42.7 Å². The maximum atomic E-state index is 4.57. The Morgan fingerprint density at radius 3 is 2.03 bits per heavy atom. The third-order valence-electron chi connectivity index (χ3n) is 6.96. The standard InChI is InChI=1S/C30H20N2Si/c1-2-9-27-24(8-1)29-28(33-27)10-3-15-30(29,22-11-13-25-20(18-22)6-4-16-31-25)23-12-14-26-21(19-23)7-5-17-32-26/h1-19,33H. The molecule has 3 heteroatoms. The monoisotopic (exact) mass is 436 g/mol. The van der Waals surface area contributed by atoms with Gasteiger partial charge in [-0.25, -0.2) is 0 Å². The van der Waals surface area contributed by atoms with E-state index in [-0.39, 0.29) is 14.5 Å². The highest BCUT2D eigenvalue weighted by atomic mass is 28.2. The van der Waals surface area contributed by atoms with Crippen LogP contribution in [0.1, 0.15) is 11.1 Å². The quantitative estimate of drug-likeness (QED) is 0.361. The van der Waals surface area contributed by atoms with Gasteiger partial charge in [0.15, 0.2) is 0 Å². The normalized spacial score (nSPS) is 15.8. The van der Waals surface area contributed by atoms with Gasteiger partial charge in [-0.3, -0.25) is 9.97 Å². The second kappa shape index (κ2) is 7.02. The lowest BCUT2D eigenvalue weighted by Crippen LogP contribution is -2.32. The van der Waals surface area contributed by atoms with Crippen LogP contribution >= 0.6 is 0 Å². The summed E-state index contributed by atoms with van der Waals surface area (Å²) < 4.78 is 0. The van der Waals surface area contributed by atoms with Gasteiger partial charge in [-0.05, 0) is 68.3 Å². The highest BCUT2D eigenvalue weighted by Gasteiger charge is 2.40. The minimum absolute atomic E-state index is 0.0811. The Labute approximate surface area is 193 Å². The summed E-state index contributed by atoms with van der Waals surface area (Å²) in [6.45, 7) is 0. The molecule has 3 heterocycles. The summed E-state index contributed by atoms with van der Waals surface area (Å²) >= 11 is 0. The summed E-state index contributed by atoms with van der Waals surface area (Å²) in [4.78, 5) is 10.6. The van der Waals surface area contributed by atoms with Crippen LogP contribution in [-0.2, 0) is 5.41 Å². The summed E-state index contributed by atoms with van der Waals surface area (Å²) in [6.07, 6.45) is 10.7. The number of aromatic nitrogens is 2. The lowest BCUT2D eigenvalue weighted by atomic mass is 9.66. The number of pyridine rings is 2. The average Bonchev–Trinajstić information content (AvgIpc) is 3.27. The Bertz CT molecular complexity index is 1700. The van der Waals surface area contributed by atoms with Gasteiger partial charge in [0.05, 0.1) is 16.4 Å². The van der Waals surface area contributed by atoms with Crippen molar-refractivity contribution in [3.05, 3.63) is 142 Å². The molecule has 1 aliphatic carbocycles. The molecule has 0 bridgehead atoms. The van der Waals surface area contributed by atoms with Crippen molar-refractivity contribution in [2.75, 3.05) is 0 Å². The van der Waals surface area contributed by atoms with Crippen molar-refractivity contribution in [2.45, 2.75) is 5.41 Å². The van der Waals surface area contributed by atoms with Crippen molar-refractivity contribution in [1.82, 2.24) is 9.97 Å². The van der Waals surface area contributed by atoms with Crippen molar-refractivity contribution >= 4 is 36.5 Å². The Hall–Kier alpha value is -3.95. The highest BCUT2D eigenvalue weighted by Crippen LogP contribution is 2.47. The first-order valence-electron chi connectivity index (χ1n) is 11.2. The molecule has 0 fully saturated rings. The first-order chi connectivity index (χ1) is 16.3. The van der Waals surface area contributed by atoms with E-state index < -0.39 is 0 Å². The Balaban J connectivity index is 1.63. The molecule has 0 spiro atoms. The van der Waals surface area contributed by atoms with Gasteiger partial charge >= 0.3 is 0 Å². The summed E-state index contributed by atoms with van der Waals surface area (Å²) in [6, 6.07) is 30.8. The van der Waals surface area contributed by atoms with Gasteiger partial charge in [0.2, 0.25) is 0 Å². The molecule has 1 aliphatic heterocycles. The second-order valence-electron chi connectivity index (χ2n) is 8.72. The molecule has 5 aromatic rings. The number of allylic oxidation sites excluding steroid dienone is 4. The largest absolute Gasteiger partial charge is 0.256 e. The zero-order valence-corrected chi connectivity index (χ0v) is 19.1. The van der Waals surface area contributed by atoms with Gasteiger partial charge in [-0.1, -0.05) is 66.8 Å². The molecule has 33 heavy (non-hydrogen) atoms. The van der Waals surface area contributed by atoms with Crippen molar-refractivity contribution in [3.63, 3.8) is 0 Å². The van der Waals surface area contributed by atoms with E-state index in [1.807, 2.05) is 24.5 Å². The van der Waals surface area contributed by atoms with E-state index in [0.717, 1.165) is 11.0 Å². The maximum absolute atomic E-state index is 4.57. The Morgan fingerprint density at radius 1 is 0.667 bits per heavy atom. The van der Waals surface area contributed by atoms with Crippen molar-refractivity contribution < 1.29 is 0 Å². The average molecular weight is 437 g/mol. The molecule has 0 saturated carbocycles. The van der Waals surface area contributed by atoms with Crippen LogP contribution in [0.4, 0.5) is 0 Å². The van der Waals surface area contributed by atoms with Crippen LogP contribution in [0, 0.1) is 4.81 Å². The molecule has 2 nitrogen and oxygen atoms in total. The minimum atomic E-state index is -0.363. The zero-order chi connectivity index (χ0) is 21.8. The molecule has 154 valence electrons. The van der Waals surface area contributed by atoms with Crippen LogP contribution < -0.4 is 5.22 Å². The van der Waals surface area contributed by atoms with Gasteiger partial charge in [-0.15, -0.1) is 0 Å². The number of hydrogen-bond acceptors (Lipinski definition) is 2. The molecule has 0 saturated heterocycles. The first-order valence-corrected chi connectivity index (χ1v) is 12.4. The van der Waals surface area contributed by atoms with Crippen molar-refractivity contribution in [3.8, 4) is 0 Å². The minimum Gasteiger partial charge on any atom is -0.256 e. The van der Waals surface area contributed by atoms with Crippen LogP contribution in [-0.4, -0.2) is 19.1 Å². The number of benzene rings is 3. The molecule has 7 rings (SSSR count). The molecule has 3 aromatic carbocycles. The predicted octanol–water partition coefficient (Wildman–Crippen LogP) is 5.07. The summed E-state index contributed by atoms with van der Waals surface area (Å²) in [5.41, 5.74) is 5.67. The van der Waals surface area contributed by atoms with Crippen LogP contribution in [0.3, 0.4) is 0 Å². The van der Waals surface area contributed by atoms with Gasteiger partial charge in [0, 0.05) is 32.3 Å². The van der Waals surface area contributed by atoms with Crippen LogP contribution in [0.5, 0.6) is 0 Å². The van der Waals surface area contributed by atoms with E-state index in [2.05, 4.69) is 101 Å². The topological polar surface area (TPSA) is 25.8 Å². The zero-order valence-electron chi connectivity index (χ0n) is 17.9. The van der Waals surface area contributed by atoms with E-state index in [0.29, 0.717) is 0 Å². The van der Waals surface area contributed by atoms with Crippen LogP contribution in [0.25, 0.3) is 27.4 Å². The number of nitrogens with zero attached hydrogens (tertiary/aromatic N) is 2. The fourth-order valence-electron chi connectivity index (χ4n) is 5.49. The molecule has 0 unspecified atom stereocenters. The predicted molar refractivity (Wildman–Crippen MR) is 137 cm³/mol. The van der Waals surface area contributed by atoms with E-state index >= 15 is 0 Å². The van der Waals surface area contributed by atoms with E-state index in [9.17, 15) is 0 Å². The first kappa shape index (κ1) is 18.6. The molecule has 2 aliphatic rings. The number of fused-ring (bicyclic) bond motifs is 4. The van der Waals surface area contributed by atoms with Gasteiger partial charge < -0.3 is 0 Å². The summed E-state index contributed by atoms with van der Waals surface area (Å²) in [7, 11) is 0.0811. The SMILES string of the molecule is C1=CC(c2ccc3ncccc3c2)(c2ccc3ncccc3c2)C2=c3ccccc3=[SiH]C2=C1. The highest BCUT2D eigenvalue weighted by molar-refractivity contribution is 6.45. The smallest absolute Gasteiger partial charge is 0.0702 e. The molecule has 0 radical (unpaired) electrons. The fraction of sp³-hybridized carbons (Fsp3) is 0.0333. The molecule has 0 atom stereocenters. The molecule has 0 amide bonds. The maximum Gasteiger partial charge on any atom is 0.0702 e. The summed E-state index contributed by atoms with van der Waals surface area (Å²) in [5, 5.41) is 5.21. The number of rotatable bonds is 2. The van der Waals surface area contributed by atoms with E-state index in [1.54, 1.807) is 0 Å². The van der Waals surface area contributed by atoms with Crippen molar-refractivity contribution in [1.29, 1.82) is 0 Å². The third-order valence-corrected chi connectivity index (χ3v) is 8.57. The van der Waals surface area contributed by atoms with Gasteiger partial charge in [-0.2, -0.15) is 0 Å². The van der Waals surface area contributed by atoms with E-state index in [4.69, 9.17) is 0 Å². The summed E-state index contributed by atoms with van der Waals surface area (Å²) in [5.74, 6) is 0. The lowest BCUT2D eigenvalue weighted by molar-refractivity contribution is 0.834. The van der Waals surface area contributed by atoms with Gasteiger partial charge in [0.1, 0.15) is 0 Å². The third kappa shape index (κ3) is 2.69. The lowest BCUT2D eigenvalue weighted by Gasteiger charge is -2.37. The van der Waals surface area contributed by atoms with Crippen LogP contribution in [0.2, 0.25) is 0 Å². The van der Waals surface area contributed by atoms with Crippen LogP contribution in [0.15, 0.2) is 121 Å². The fourth-order valence-corrected chi connectivity index (χ4v) is 7.16. The van der Waals surface area contributed by atoms with Crippen molar-refractivity contribution in [2.24, 2.45) is 0 Å². The molecule has 2 aromatic heterocycles. The number of hydrogen-bond donors (Lipinski definition) is 0. The Kier molecular flexibility index (Phi) is 3.96. The molecule has 0 N–H and O–H groups in total. The van der Waals surface area contributed by atoms with Gasteiger partial charge in [0.25, 0.3) is 0 Å². The molecular weight excluding hydrogens is 416 g/mol. The molecular formula is C30H20N2Si.